The molecule has 0 spiro atoms. The molecule has 0 atom stereocenters. The van der Waals surface area contributed by atoms with Gasteiger partial charge in [-0.1, -0.05) is 0 Å². The highest BCUT2D eigenvalue weighted by molar-refractivity contribution is 5.93. The number of pyridine rings is 1. The predicted octanol–water partition coefficient (Wildman–Crippen LogP) is 0.361. The number of aromatic nitrogens is 1. The van der Waals surface area contributed by atoms with Crippen LogP contribution in [0.15, 0.2) is 18.3 Å². The molecule has 0 aliphatic carbocycles. The van der Waals surface area contributed by atoms with Gasteiger partial charge in [-0.05, 0) is 6.07 Å². The first-order chi connectivity index (χ1) is 9.13. The molecule has 0 saturated carbocycles. The topological polar surface area (TPSA) is 80.7 Å². The number of carbonyl (C=O) groups is 1. The van der Waals surface area contributed by atoms with Gasteiger partial charge in [0.2, 0.25) is 5.88 Å². The maximum Gasteiger partial charge on any atom is 0.252 e. The van der Waals surface area contributed by atoms with Crippen molar-refractivity contribution < 1.29 is 19.4 Å². The van der Waals surface area contributed by atoms with Crippen LogP contribution in [-0.2, 0) is 4.74 Å². The van der Waals surface area contributed by atoms with Crippen LogP contribution in [0.5, 0.6) is 5.88 Å². The zero-order chi connectivity index (χ0) is 13.7. The standard InChI is InChI=1S/C13H18N2O4/c1-18-11-3-2-10(8-14-11)12(16)15-9-13(17)4-6-19-7-5-13/h2-3,8,17H,4-7,9H2,1H3,(H,15,16). The first-order valence-corrected chi connectivity index (χ1v) is 6.21. The zero-order valence-corrected chi connectivity index (χ0v) is 10.9. The van der Waals surface area contributed by atoms with E-state index >= 15 is 0 Å². The van der Waals surface area contributed by atoms with Crippen molar-refractivity contribution in [3.63, 3.8) is 0 Å². The number of amides is 1. The fourth-order valence-electron chi connectivity index (χ4n) is 1.91. The lowest BCUT2D eigenvalue weighted by atomic mass is 9.94. The number of ether oxygens (including phenoxy) is 2. The first kappa shape index (κ1) is 13.8. The van der Waals surface area contributed by atoms with Crippen LogP contribution >= 0.6 is 0 Å². The Kier molecular flexibility index (Phi) is 4.34. The summed E-state index contributed by atoms with van der Waals surface area (Å²) in [6.45, 7) is 1.27. The van der Waals surface area contributed by atoms with Crippen LogP contribution in [0.4, 0.5) is 0 Å². The van der Waals surface area contributed by atoms with Crippen LogP contribution < -0.4 is 10.1 Å². The zero-order valence-electron chi connectivity index (χ0n) is 10.9. The Labute approximate surface area is 111 Å². The van der Waals surface area contributed by atoms with E-state index in [-0.39, 0.29) is 12.5 Å². The van der Waals surface area contributed by atoms with E-state index in [1.165, 1.54) is 13.3 Å². The van der Waals surface area contributed by atoms with Crippen molar-refractivity contribution in [2.75, 3.05) is 26.9 Å². The van der Waals surface area contributed by atoms with E-state index in [1.54, 1.807) is 12.1 Å². The van der Waals surface area contributed by atoms with Crippen LogP contribution in [0.25, 0.3) is 0 Å². The van der Waals surface area contributed by atoms with E-state index in [9.17, 15) is 9.90 Å². The summed E-state index contributed by atoms with van der Waals surface area (Å²) < 4.78 is 10.1. The average Bonchev–Trinajstić information content (AvgIpc) is 2.46. The molecule has 0 unspecified atom stereocenters. The monoisotopic (exact) mass is 266 g/mol. The van der Waals surface area contributed by atoms with E-state index in [0.29, 0.717) is 37.5 Å². The number of aliphatic hydroxyl groups is 1. The Morgan fingerprint density at radius 2 is 2.26 bits per heavy atom. The number of nitrogens with zero attached hydrogens (tertiary/aromatic N) is 1. The summed E-state index contributed by atoms with van der Waals surface area (Å²) in [5.74, 6) is 0.203. The molecule has 2 rings (SSSR count). The summed E-state index contributed by atoms with van der Waals surface area (Å²) in [6, 6.07) is 3.26. The second kappa shape index (κ2) is 5.99. The highest BCUT2D eigenvalue weighted by atomic mass is 16.5. The molecular weight excluding hydrogens is 248 g/mol. The largest absolute Gasteiger partial charge is 0.481 e. The molecule has 0 bridgehead atoms. The van der Waals surface area contributed by atoms with Gasteiger partial charge in [-0.2, -0.15) is 0 Å². The van der Waals surface area contributed by atoms with Crippen molar-refractivity contribution in [1.82, 2.24) is 10.3 Å². The fourth-order valence-corrected chi connectivity index (χ4v) is 1.91. The molecule has 6 heteroatoms. The lowest BCUT2D eigenvalue weighted by molar-refractivity contribution is -0.0605. The second-order valence-electron chi connectivity index (χ2n) is 4.61. The van der Waals surface area contributed by atoms with Gasteiger partial charge in [-0.15, -0.1) is 0 Å². The molecule has 1 fully saturated rings. The van der Waals surface area contributed by atoms with Gasteiger partial charge in [-0.3, -0.25) is 4.79 Å². The third kappa shape index (κ3) is 3.65. The Morgan fingerprint density at radius 3 is 2.84 bits per heavy atom. The lowest BCUT2D eigenvalue weighted by Gasteiger charge is -2.32. The minimum absolute atomic E-state index is 0.223. The maximum atomic E-state index is 11.9. The lowest BCUT2D eigenvalue weighted by Crippen LogP contribution is -2.46. The quantitative estimate of drug-likeness (QED) is 0.822. The van der Waals surface area contributed by atoms with Crippen LogP contribution in [-0.4, -0.2) is 48.5 Å². The van der Waals surface area contributed by atoms with Gasteiger partial charge in [-0.25, -0.2) is 4.98 Å². The molecule has 0 radical (unpaired) electrons. The smallest absolute Gasteiger partial charge is 0.252 e. The molecular formula is C13H18N2O4. The minimum Gasteiger partial charge on any atom is -0.481 e. The normalized spacial score (nSPS) is 17.8. The second-order valence-corrected chi connectivity index (χ2v) is 4.61. The summed E-state index contributed by atoms with van der Waals surface area (Å²) >= 11 is 0. The molecule has 19 heavy (non-hydrogen) atoms. The number of carbonyl (C=O) groups excluding carboxylic acids is 1. The van der Waals surface area contributed by atoms with Crippen LogP contribution in [0.1, 0.15) is 23.2 Å². The summed E-state index contributed by atoms with van der Waals surface area (Å²) in [5.41, 5.74) is -0.426. The van der Waals surface area contributed by atoms with E-state index in [4.69, 9.17) is 9.47 Å². The number of hydrogen-bond donors (Lipinski definition) is 2. The minimum atomic E-state index is -0.867. The molecule has 6 nitrogen and oxygen atoms in total. The SMILES string of the molecule is COc1ccc(C(=O)NCC2(O)CCOCC2)cn1. The molecule has 1 aromatic rings. The average molecular weight is 266 g/mol. The van der Waals surface area contributed by atoms with Gasteiger partial charge < -0.3 is 19.9 Å². The number of hydrogen-bond acceptors (Lipinski definition) is 5. The van der Waals surface area contributed by atoms with Gasteiger partial charge >= 0.3 is 0 Å². The van der Waals surface area contributed by atoms with Crippen LogP contribution in [0.2, 0.25) is 0 Å². The summed E-state index contributed by atoms with van der Waals surface area (Å²) in [5, 5.41) is 12.9. The van der Waals surface area contributed by atoms with Gasteiger partial charge in [0.1, 0.15) is 0 Å². The Hall–Kier alpha value is -1.66. The summed E-state index contributed by atoms with van der Waals surface area (Å²) in [4.78, 5) is 15.9. The number of methoxy groups -OCH3 is 1. The predicted molar refractivity (Wildman–Crippen MR) is 68.1 cm³/mol. The van der Waals surface area contributed by atoms with E-state index < -0.39 is 5.60 Å². The van der Waals surface area contributed by atoms with Crippen molar-refractivity contribution in [2.45, 2.75) is 18.4 Å². The highest BCUT2D eigenvalue weighted by Crippen LogP contribution is 2.19. The number of rotatable bonds is 4. The molecule has 104 valence electrons. The summed E-state index contributed by atoms with van der Waals surface area (Å²) in [7, 11) is 1.52. The Balaban J connectivity index is 1.89. The van der Waals surface area contributed by atoms with Crippen molar-refractivity contribution in [3.8, 4) is 5.88 Å². The van der Waals surface area contributed by atoms with Gasteiger partial charge in [0.05, 0.1) is 18.3 Å². The van der Waals surface area contributed by atoms with Crippen LogP contribution in [0, 0.1) is 0 Å². The van der Waals surface area contributed by atoms with Gasteiger partial charge in [0.25, 0.3) is 5.91 Å². The third-order valence-corrected chi connectivity index (χ3v) is 3.21. The molecule has 1 aromatic heterocycles. The molecule has 2 heterocycles. The molecule has 1 amide bonds. The maximum absolute atomic E-state index is 11.9. The van der Waals surface area contributed by atoms with E-state index in [0.717, 1.165) is 0 Å². The van der Waals surface area contributed by atoms with E-state index in [1.807, 2.05) is 0 Å². The van der Waals surface area contributed by atoms with Crippen LogP contribution in [0.3, 0.4) is 0 Å². The fraction of sp³-hybridized carbons (Fsp3) is 0.538. The van der Waals surface area contributed by atoms with Crippen molar-refractivity contribution >= 4 is 5.91 Å². The third-order valence-electron chi connectivity index (χ3n) is 3.21. The van der Waals surface area contributed by atoms with Gasteiger partial charge in [0.15, 0.2) is 0 Å². The Bertz CT molecular complexity index is 427. The molecule has 1 aliphatic rings. The summed E-state index contributed by atoms with van der Waals surface area (Å²) in [6.07, 6.45) is 2.52. The van der Waals surface area contributed by atoms with Gasteiger partial charge in [0, 0.05) is 44.9 Å². The number of nitrogens with one attached hydrogen (secondary N) is 1. The van der Waals surface area contributed by atoms with E-state index in [2.05, 4.69) is 10.3 Å². The van der Waals surface area contributed by atoms with Crippen molar-refractivity contribution in [1.29, 1.82) is 0 Å². The molecule has 1 aliphatic heterocycles. The molecule has 0 aromatic carbocycles. The van der Waals surface area contributed by atoms with Crippen molar-refractivity contribution in [3.05, 3.63) is 23.9 Å². The molecule has 1 saturated heterocycles. The molecule has 2 N–H and O–H groups in total. The van der Waals surface area contributed by atoms with Crippen molar-refractivity contribution in [2.24, 2.45) is 0 Å². The Morgan fingerprint density at radius 1 is 1.53 bits per heavy atom. The first-order valence-electron chi connectivity index (χ1n) is 6.21. The highest BCUT2D eigenvalue weighted by Gasteiger charge is 2.30.